The van der Waals surface area contributed by atoms with Gasteiger partial charge in [0, 0.05) is 5.69 Å². The third-order valence-electron chi connectivity index (χ3n) is 5.79. The molecule has 0 aliphatic carbocycles. The number of fused-ring (bicyclic) bond motifs is 2. The molecule has 0 spiro atoms. The van der Waals surface area contributed by atoms with Crippen LogP contribution in [0.3, 0.4) is 0 Å². The second-order valence-electron chi connectivity index (χ2n) is 7.82. The fraction of sp³-hybridized carbons (Fsp3) is 0.167. The molecule has 0 amide bonds. The maximum Gasteiger partial charge on any atom is 0.263 e. The highest BCUT2D eigenvalue weighted by Crippen LogP contribution is 2.28. The normalized spacial score (nSPS) is 12.4. The van der Waals surface area contributed by atoms with Crippen molar-refractivity contribution in [3.8, 4) is 5.69 Å². The van der Waals surface area contributed by atoms with Crippen LogP contribution in [0.2, 0.25) is 0 Å². The number of H-pyrrole nitrogens is 1. The standard InChI is InChI=1S/C24H21FN6O/c1-13-6-4-5-7-18(13)31-19(10-16-8-9-17(25)14(2)20(16)24(31)32)15(3)30-23-21-22(27-11-26-21)28-12-29-23/h4-12,15H,1-3H3,(H2,26,27,28,29,30). The molecule has 160 valence electrons. The number of hydrogen-bond donors (Lipinski definition) is 2. The zero-order valence-corrected chi connectivity index (χ0v) is 17.8. The third kappa shape index (κ3) is 3.11. The van der Waals surface area contributed by atoms with Crippen LogP contribution in [0.4, 0.5) is 10.2 Å². The Labute approximate surface area is 183 Å². The number of hydrogen-bond acceptors (Lipinski definition) is 5. The maximum atomic E-state index is 14.3. The van der Waals surface area contributed by atoms with Gasteiger partial charge >= 0.3 is 0 Å². The number of halogens is 1. The summed E-state index contributed by atoms with van der Waals surface area (Å²) in [6.45, 7) is 5.54. The molecule has 2 N–H and O–H groups in total. The quantitative estimate of drug-likeness (QED) is 0.437. The molecule has 7 nitrogen and oxygen atoms in total. The molecule has 3 aromatic heterocycles. The van der Waals surface area contributed by atoms with Gasteiger partial charge in [0.1, 0.15) is 17.7 Å². The zero-order chi connectivity index (χ0) is 22.4. The summed E-state index contributed by atoms with van der Waals surface area (Å²) in [4.78, 5) is 29.4. The molecule has 0 bridgehead atoms. The minimum atomic E-state index is -0.396. The summed E-state index contributed by atoms with van der Waals surface area (Å²) in [7, 11) is 0. The van der Waals surface area contributed by atoms with Crippen molar-refractivity contribution in [2.45, 2.75) is 26.8 Å². The molecule has 5 aromatic rings. The van der Waals surface area contributed by atoms with E-state index in [0.717, 1.165) is 16.9 Å². The minimum Gasteiger partial charge on any atom is -0.360 e. The van der Waals surface area contributed by atoms with Gasteiger partial charge in [-0.1, -0.05) is 24.3 Å². The summed E-state index contributed by atoms with van der Waals surface area (Å²) in [5.41, 5.74) is 3.74. The molecule has 5 rings (SSSR count). The smallest absolute Gasteiger partial charge is 0.263 e. The van der Waals surface area contributed by atoms with E-state index < -0.39 is 5.82 Å². The summed E-state index contributed by atoms with van der Waals surface area (Å²) in [6, 6.07) is 12.3. The number of aromatic amines is 1. The number of aryl methyl sites for hydroxylation is 2. The number of pyridine rings is 1. The predicted molar refractivity (Wildman–Crippen MR) is 123 cm³/mol. The second-order valence-corrected chi connectivity index (χ2v) is 7.82. The third-order valence-corrected chi connectivity index (χ3v) is 5.79. The molecule has 0 fully saturated rings. The first kappa shape index (κ1) is 19.9. The number of nitrogens with zero attached hydrogens (tertiary/aromatic N) is 4. The molecule has 8 heteroatoms. The number of anilines is 1. The molecule has 0 radical (unpaired) electrons. The number of rotatable bonds is 4. The van der Waals surface area contributed by atoms with E-state index in [0.29, 0.717) is 33.3 Å². The van der Waals surface area contributed by atoms with Gasteiger partial charge in [-0.3, -0.25) is 9.36 Å². The summed E-state index contributed by atoms with van der Waals surface area (Å²) < 4.78 is 16.0. The fourth-order valence-corrected chi connectivity index (χ4v) is 4.10. The van der Waals surface area contributed by atoms with Crippen LogP contribution in [-0.4, -0.2) is 24.5 Å². The Kier molecular flexibility index (Phi) is 4.70. The van der Waals surface area contributed by atoms with Crippen LogP contribution in [-0.2, 0) is 0 Å². The van der Waals surface area contributed by atoms with Crippen LogP contribution >= 0.6 is 0 Å². The Morgan fingerprint density at radius 2 is 1.91 bits per heavy atom. The SMILES string of the molecule is Cc1ccccc1-n1c(C(C)Nc2ncnc3nc[nH]c23)cc2ccc(F)c(C)c2c1=O. The van der Waals surface area contributed by atoms with Crippen molar-refractivity contribution in [2.24, 2.45) is 0 Å². The summed E-state index contributed by atoms with van der Waals surface area (Å²) in [6.07, 6.45) is 3.00. The summed E-state index contributed by atoms with van der Waals surface area (Å²) in [5.74, 6) is 0.187. The maximum absolute atomic E-state index is 14.3. The van der Waals surface area contributed by atoms with Crippen LogP contribution in [0.15, 0.2) is 59.9 Å². The molecule has 1 atom stereocenters. The molecule has 0 aliphatic rings. The van der Waals surface area contributed by atoms with E-state index in [1.54, 1.807) is 23.9 Å². The zero-order valence-electron chi connectivity index (χ0n) is 17.8. The second kappa shape index (κ2) is 7.56. The van der Waals surface area contributed by atoms with Crippen LogP contribution in [0.25, 0.3) is 27.6 Å². The van der Waals surface area contributed by atoms with Gasteiger partial charge in [0.2, 0.25) is 0 Å². The molecule has 2 aromatic carbocycles. The number of benzene rings is 2. The van der Waals surface area contributed by atoms with E-state index in [9.17, 15) is 9.18 Å². The van der Waals surface area contributed by atoms with Crippen molar-refractivity contribution in [2.75, 3.05) is 5.32 Å². The van der Waals surface area contributed by atoms with E-state index in [2.05, 4.69) is 25.3 Å². The predicted octanol–water partition coefficient (Wildman–Crippen LogP) is 4.59. The Bertz CT molecular complexity index is 1540. The average Bonchev–Trinajstić information content (AvgIpc) is 3.27. The van der Waals surface area contributed by atoms with E-state index in [1.807, 2.05) is 44.2 Å². The Morgan fingerprint density at radius 1 is 1.09 bits per heavy atom. The molecular formula is C24H21FN6O. The topological polar surface area (TPSA) is 88.5 Å². The highest BCUT2D eigenvalue weighted by molar-refractivity contribution is 5.86. The van der Waals surface area contributed by atoms with E-state index in [-0.39, 0.29) is 11.6 Å². The molecule has 1 unspecified atom stereocenters. The van der Waals surface area contributed by atoms with Gasteiger partial charge in [-0.2, -0.15) is 0 Å². The lowest BCUT2D eigenvalue weighted by Crippen LogP contribution is -2.27. The molecular weight excluding hydrogens is 407 g/mol. The highest BCUT2D eigenvalue weighted by Gasteiger charge is 2.20. The van der Waals surface area contributed by atoms with Crippen molar-refractivity contribution in [3.05, 3.63) is 88.1 Å². The Hall–Kier alpha value is -4.07. The Balaban J connectivity index is 1.75. The van der Waals surface area contributed by atoms with Gasteiger partial charge in [-0.15, -0.1) is 0 Å². The number of imidazole rings is 1. The van der Waals surface area contributed by atoms with Crippen molar-refractivity contribution in [3.63, 3.8) is 0 Å². The van der Waals surface area contributed by atoms with Crippen LogP contribution in [0.5, 0.6) is 0 Å². The average molecular weight is 428 g/mol. The van der Waals surface area contributed by atoms with E-state index in [4.69, 9.17) is 0 Å². The van der Waals surface area contributed by atoms with E-state index in [1.165, 1.54) is 12.4 Å². The first-order chi connectivity index (χ1) is 15.5. The Morgan fingerprint density at radius 3 is 2.72 bits per heavy atom. The van der Waals surface area contributed by atoms with Crippen molar-refractivity contribution in [1.82, 2.24) is 24.5 Å². The fourth-order valence-electron chi connectivity index (χ4n) is 4.10. The lowest BCUT2D eigenvalue weighted by Gasteiger charge is -2.22. The highest BCUT2D eigenvalue weighted by atomic mass is 19.1. The number of para-hydroxylation sites is 1. The van der Waals surface area contributed by atoms with Gasteiger partial charge in [0.15, 0.2) is 11.5 Å². The van der Waals surface area contributed by atoms with Crippen LogP contribution in [0.1, 0.15) is 29.8 Å². The number of aromatic nitrogens is 5. The molecule has 32 heavy (non-hydrogen) atoms. The van der Waals surface area contributed by atoms with Crippen molar-refractivity contribution >= 4 is 27.8 Å². The van der Waals surface area contributed by atoms with Crippen molar-refractivity contribution in [1.29, 1.82) is 0 Å². The molecule has 3 heterocycles. The summed E-state index contributed by atoms with van der Waals surface area (Å²) >= 11 is 0. The van der Waals surface area contributed by atoms with Crippen LogP contribution < -0.4 is 10.9 Å². The van der Waals surface area contributed by atoms with Gasteiger partial charge in [0.05, 0.1) is 23.4 Å². The summed E-state index contributed by atoms with van der Waals surface area (Å²) in [5, 5.41) is 4.45. The first-order valence-corrected chi connectivity index (χ1v) is 10.3. The molecule has 0 saturated heterocycles. The lowest BCUT2D eigenvalue weighted by atomic mass is 10.0. The van der Waals surface area contributed by atoms with Gasteiger partial charge < -0.3 is 10.3 Å². The van der Waals surface area contributed by atoms with Crippen molar-refractivity contribution < 1.29 is 4.39 Å². The lowest BCUT2D eigenvalue weighted by molar-refractivity contribution is 0.620. The van der Waals surface area contributed by atoms with E-state index >= 15 is 0 Å². The first-order valence-electron chi connectivity index (χ1n) is 10.3. The number of nitrogens with one attached hydrogen (secondary N) is 2. The minimum absolute atomic E-state index is 0.258. The van der Waals surface area contributed by atoms with Gasteiger partial charge in [-0.25, -0.2) is 19.3 Å². The van der Waals surface area contributed by atoms with Gasteiger partial charge in [-0.05, 0) is 55.5 Å². The molecule has 0 saturated carbocycles. The largest absolute Gasteiger partial charge is 0.360 e. The van der Waals surface area contributed by atoms with Crippen LogP contribution in [0, 0.1) is 19.7 Å². The van der Waals surface area contributed by atoms with Gasteiger partial charge in [0.25, 0.3) is 5.56 Å². The monoisotopic (exact) mass is 428 g/mol. The molecule has 0 aliphatic heterocycles.